The molecule has 0 bridgehead atoms. The number of anilines is 1. The molecule has 6 nitrogen and oxygen atoms in total. The van der Waals surface area contributed by atoms with Crippen LogP contribution in [0.3, 0.4) is 0 Å². The highest BCUT2D eigenvalue weighted by molar-refractivity contribution is 9.10. The number of aromatic carboxylic acids is 1. The third-order valence-electron chi connectivity index (χ3n) is 2.90. The van der Waals surface area contributed by atoms with Crippen molar-refractivity contribution in [1.82, 2.24) is 5.16 Å². The third-order valence-corrected chi connectivity index (χ3v) is 3.36. The number of carboxylic acids is 1. The van der Waals surface area contributed by atoms with E-state index in [1.165, 1.54) is 12.1 Å². The molecule has 1 amide bonds. The predicted octanol–water partition coefficient (Wildman–Crippen LogP) is 3.26. The summed E-state index contributed by atoms with van der Waals surface area (Å²) in [6.07, 6.45) is 0.568. The number of carboxylic acid groups (broad SMARTS) is 1. The van der Waals surface area contributed by atoms with E-state index in [1.54, 1.807) is 13.0 Å². The summed E-state index contributed by atoms with van der Waals surface area (Å²) in [7, 11) is 0. The van der Waals surface area contributed by atoms with Gasteiger partial charge in [-0.05, 0) is 31.5 Å². The maximum absolute atomic E-state index is 12.3. The van der Waals surface area contributed by atoms with Crippen LogP contribution in [0.25, 0.3) is 0 Å². The van der Waals surface area contributed by atoms with Crippen LogP contribution < -0.4 is 5.32 Å². The van der Waals surface area contributed by atoms with Crippen LogP contribution in [-0.2, 0) is 6.42 Å². The minimum Gasteiger partial charge on any atom is -0.478 e. The van der Waals surface area contributed by atoms with Crippen LogP contribution in [0, 0.1) is 6.92 Å². The Kier molecular flexibility index (Phi) is 4.42. The van der Waals surface area contributed by atoms with Gasteiger partial charge in [0.1, 0.15) is 11.3 Å². The van der Waals surface area contributed by atoms with Crippen LogP contribution in [0.1, 0.15) is 39.1 Å². The van der Waals surface area contributed by atoms with E-state index < -0.39 is 5.97 Å². The summed E-state index contributed by atoms with van der Waals surface area (Å²) in [5.74, 6) is -1.01. The van der Waals surface area contributed by atoms with Gasteiger partial charge < -0.3 is 14.9 Å². The second-order valence-electron chi connectivity index (χ2n) is 4.40. The van der Waals surface area contributed by atoms with Gasteiger partial charge in [-0.2, -0.15) is 0 Å². The number of carbonyl (C=O) groups is 2. The fourth-order valence-corrected chi connectivity index (χ4v) is 2.42. The lowest BCUT2D eigenvalue weighted by molar-refractivity contribution is 0.0696. The monoisotopic (exact) mass is 352 g/mol. The van der Waals surface area contributed by atoms with E-state index in [1.807, 2.05) is 6.92 Å². The number of carbonyl (C=O) groups excluding carboxylic acids is 1. The normalized spacial score (nSPS) is 10.4. The van der Waals surface area contributed by atoms with E-state index in [-0.39, 0.29) is 11.5 Å². The number of hydrogen-bond acceptors (Lipinski definition) is 4. The molecule has 7 heteroatoms. The Balaban J connectivity index is 2.31. The predicted molar refractivity (Wildman–Crippen MR) is 79.7 cm³/mol. The number of benzene rings is 1. The van der Waals surface area contributed by atoms with E-state index in [0.29, 0.717) is 33.6 Å². The summed E-state index contributed by atoms with van der Waals surface area (Å²) in [4.78, 5) is 23.3. The Morgan fingerprint density at radius 2 is 2.10 bits per heavy atom. The smallest absolute Gasteiger partial charge is 0.335 e. The van der Waals surface area contributed by atoms with Crippen molar-refractivity contribution in [3.05, 3.63) is 45.3 Å². The Bertz CT molecular complexity index is 709. The maximum atomic E-state index is 12.3. The number of nitrogens with one attached hydrogen (secondary N) is 1. The molecule has 110 valence electrons. The van der Waals surface area contributed by atoms with Gasteiger partial charge >= 0.3 is 5.97 Å². The van der Waals surface area contributed by atoms with Crippen LogP contribution in [-0.4, -0.2) is 22.1 Å². The zero-order valence-electron chi connectivity index (χ0n) is 11.4. The van der Waals surface area contributed by atoms with Crippen molar-refractivity contribution >= 4 is 33.5 Å². The lowest BCUT2D eigenvalue weighted by atomic mass is 10.1. The lowest BCUT2D eigenvalue weighted by Crippen LogP contribution is -2.14. The first-order valence-electron chi connectivity index (χ1n) is 6.22. The molecule has 0 fully saturated rings. The highest BCUT2D eigenvalue weighted by Crippen LogP contribution is 2.22. The van der Waals surface area contributed by atoms with Crippen LogP contribution in [0.15, 0.2) is 27.2 Å². The van der Waals surface area contributed by atoms with Crippen molar-refractivity contribution in [2.24, 2.45) is 0 Å². The molecule has 0 saturated heterocycles. The molecule has 0 aliphatic rings. The Morgan fingerprint density at radius 1 is 1.38 bits per heavy atom. The molecular formula is C14H13BrN2O4. The minimum atomic E-state index is -1.07. The zero-order valence-corrected chi connectivity index (χ0v) is 13.0. The average Bonchev–Trinajstić information content (AvgIpc) is 2.79. The molecular weight excluding hydrogens is 340 g/mol. The molecule has 2 rings (SSSR count). The quantitative estimate of drug-likeness (QED) is 0.880. The van der Waals surface area contributed by atoms with Crippen molar-refractivity contribution in [3.63, 3.8) is 0 Å². The second kappa shape index (κ2) is 6.09. The van der Waals surface area contributed by atoms with Crippen molar-refractivity contribution in [2.75, 3.05) is 5.32 Å². The van der Waals surface area contributed by atoms with Crippen LogP contribution >= 0.6 is 15.9 Å². The maximum Gasteiger partial charge on any atom is 0.335 e. The van der Waals surface area contributed by atoms with Gasteiger partial charge in [0, 0.05) is 10.2 Å². The number of hydrogen-bond donors (Lipinski definition) is 2. The molecule has 0 saturated carbocycles. The first-order valence-corrected chi connectivity index (χ1v) is 7.02. The van der Waals surface area contributed by atoms with Crippen molar-refractivity contribution in [1.29, 1.82) is 0 Å². The molecule has 0 atom stereocenters. The van der Waals surface area contributed by atoms with Gasteiger partial charge in [0.2, 0.25) is 0 Å². The van der Waals surface area contributed by atoms with Gasteiger partial charge in [0.05, 0.1) is 11.3 Å². The molecule has 0 spiro atoms. The minimum absolute atomic E-state index is 0.0810. The zero-order chi connectivity index (χ0) is 15.6. The molecule has 1 heterocycles. The number of amides is 1. The standard InChI is InChI=1S/C14H13BrN2O4/c1-3-11-12(7(2)21-17-11)13(18)16-10-5-8(14(19)20)4-9(15)6-10/h4-6H,3H2,1-2H3,(H,16,18)(H,19,20). The first kappa shape index (κ1) is 15.2. The number of nitrogens with zero attached hydrogens (tertiary/aromatic N) is 1. The number of aryl methyl sites for hydroxylation is 2. The fraction of sp³-hybridized carbons (Fsp3) is 0.214. The summed E-state index contributed by atoms with van der Waals surface area (Å²) >= 11 is 3.22. The molecule has 2 N–H and O–H groups in total. The van der Waals surface area contributed by atoms with Crippen LogP contribution in [0.2, 0.25) is 0 Å². The number of aromatic nitrogens is 1. The first-order chi connectivity index (χ1) is 9.92. The fourth-order valence-electron chi connectivity index (χ4n) is 1.93. The number of halogens is 1. The van der Waals surface area contributed by atoms with E-state index in [9.17, 15) is 9.59 Å². The van der Waals surface area contributed by atoms with Gasteiger partial charge in [-0.15, -0.1) is 0 Å². The largest absolute Gasteiger partial charge is 0.478 e. The molecule has 0 aliphatic carbocycles. The summed E-state index contributed by atoms with van der Waals surface area (Å²) in [5, 5.41) is 15.5. The van der Waals surface area contributed by atoms with Crippen molar-refractivity contribution < 1.29 is 19.2 Å². The lowest BCUT2D eigenvalue weighted by Gasteiger charge is -2.07. The molecule has 0 radical (unpaired) electrons. The van der Waals surface area contributed by atoms with E-state index in [4.69, 9.17) is 9.63 Å². The summed E-state index contributed by atoms with van der Waals surface area (Å²) in [5.41, 5.74) is 1.42. The molecule has 0 aliphatic heterocycles. The van der Waals surface area contributed by atoms with Gasteiger partial charge in [0.25, 0.3) is 5.91 Å². The Morgan fingerprint density at radius 3 is 2.71 bits per heavy atom. The molecule has 21 heavy (non-hydrogen) atoms. The van der Waals surface area contributed by atoms with Gasteiger partial charge in [-0.1, -0.05) is 28.0 Å². The average molecular weight is 353 g/mol. The Labute approximate surface area is 129 Å². The summed E-state index contributed by atoms with van der Waals surface area (Å²) in [6.45, 7) is 3.53. The van der Waals surface area contributed by atoms with E-state index in [0.717, 1.165) is 0 Å². The highest BCUT2D eigenvalue weighted by Gasteiger charge is 2.19. The SMILES string of the molecule is CCc1noc(C)c1C(=O)Nc1cc(Br)cc(C(=O)O)c1. The van der Waals surface area contributed by atoms with E-state index in [2.05, 4.69) is 26.4 Å². The van der Waals surface area contributed by atoms with Gasteiger partial charge in [-0.3, -0.25) is 4.79 Å². The van der Waals surface area contributed by atoms with Crippen molar-refractivity contribution in [3.8, 4) is 0 Å². The van der Waals surface area contributed by atoms with Gasteiger partial charge in [0.15, 0.2) is 0 Å². The van der Waals surface area contributed by atoms with Crippen LogP contribution in [0.4, 0.5) is 5.69 Å². The number of rotatable bonds is 4. The molecule has 2 aromatic rings. The van der Waals surface area contributed by atoms with Crippen molar-refractivity contribution in [2.45, 2.75) is 20.3 Å². The van der Waals surface area contributed by atoms with E-state index >= 15 is 0 Å². The molecule has 1 aromatic heterocycles. The van der Waals surface area contributed by atoms with Crippen LogP contribution in [0.5, 0.6) is 0 Å². The second-order valence-corrected chi connectivity index (χ2v) is 5.32. The Hall–Kier alpha value is -2.15. The molecule has 0 unspecified atom stereocenters. The topological polar surface area (TPSA) is 92.4 Å². The summed E-state index contributed by atoms with van der Waals surface area (Å²) in [6, 6.07) is 4.47. The molecule has 1 aromatic carbocycles. The summed E-state index contributed by atoms with van der Waals surface area (Å²) < 4.78 is 5.58. The van der Waals surface area contributed by atoms with Gasteiger partial charge in [-0.25, -0.2) is 4.79 Å². The highest BCUT2D eigenvalue weighted by atomic mass is 79.9. The third kappa shape index (κ3) is 3.30.